The number of hydrogen-bond acceptors (Lipinski definition) is 17. The molecule has 6 aromatic rings. The lowest BCUT2D eigenvalue weighted by atomic mass is 9.93. The summed E-state index contributed by atoms with van der Waals surface area (Å²) in [5, 5.41) is 8.75. The smallest absolute Gasteiger partial charge is 0.410 e. The fourth-order valence-electron chi connectivity index (χ4n) is 11.7. The van der Waals surface area contributed by atoms with Crippen LogP contribution in [-0.4, -0.2) is 125 Å². The zero-order valence-electron chi connectivity index (χ0n) is 52.8. The molecule has 22 nitrogen and oxygen atoms in total. The van der Waals surface area contributed by atoms with Crippen LogP contribution >= 0.6 is 11.6 Å². The second-order valence-electron chi connectivity index (χ2n) is 27.3. The number of benzene rings is 2. The van der Waals surface area contributed by atoms with E-state index in [2.05, 4.69) is 57.2 Å². The Labute approximate surface area is 532 Å². The van der Waals surface area contributed by atoms with E-state index < -0.39 is 37.5 Å². The molecule has 0 radical (unpaired) electrons. The molecule has 4 aromatic heterocycles. The molecule has 3 aliphatic heterocycles. The predicted octanol–water partition coefficient (Wildman–Crippen LogP) is 11.5. The van der Waals surface area contributed by atoms with E-state index in [-0.39, 0.29) is 43.2 Å². The van der Waals surface area contributed by atoms with Gasteiger partial charge in [0.05, 0.1) is 47.3 Å². The van der Waals surface area contributed by atoms with Gasteiger partial charge in [-0.1, -0.05) is 37.6 Å². The Morgan fingerprint density at radius 3 is 2.07 bits per heavy atom. The number of fused-ring (bicyclic) bond motifs is 6. The molecule has 484 valence electrons. The number of rotatable bonds is 18. The van der Waals surface area contributed by atoms with E-state index >= 15 is 0 Å². The lowest BCUT2D eigenvalue weighted by Gasteiger charge is -2.34. The average molecular weight is 1300 g/mol. The van der Waals surface area contributed by atoms with Crippen LogP contribution in [0.4, 0.5) is 10.6 Å². The van der Waals surface area contributed by atoms with Gasteiger partial charge >= 0.3 is 6.09 Å². The number of nitrogens with zero attached hydrogens (tertiary/aromatic N) is 8. The van der Waals surface area contributed by atoms with Crippen molar-refractivity contribution in [2.45, 2.75) is 166 Å². The number of hydrogen-bond donors (Lipinski definition) is 2. The fourth-order valence-corrected chi connectivity index (χ4v) is 13.9. The molecule has 90 heavy (non-hydrogen) atoms. The van der Waals surface area contributed by atoms with Crippen LogP contribution < -0.4 is 33.3 Å². The van der Waals surface area contributed by atoms with E-state index in [0.29, 0.717) is 109 Å². The van der Waals surface area contributed by atoms with Crippen molar-refractivity contribution in [2.24, 2.45) is 22.7 Å². The maximum absolute atomic E-state index is 13.6. The SMILES string of the molecule is CC1(CCOc2ccn(-c3ccc(C(=O)NS(=O)(=O)c4cccc(OCCC[C@@H]5CN(C(=O)OC(C)(C)C)C(C)(C)C5)c4)c(Cl)n3)n2)CC1.CC1(CCOc2ccn(-c3ccc4c(n3)N3C[C@@H](CCCOc5cccc(c5)S(=O)(=O)NC4=O)CC3(C)C)n2)CC1. The summed E-state index contributed by atoms with van der Waals surface area (Å²) < 4.78 is 89.1. The van der Waals surface area contributed by atoms with Crippen LogP contribution in [0.1, 0.15) is 160 Å². The third-order valence-corrected chi connectivity index (χ3v) is 20.4. The van der Waals surface area contributed by atoms with Gasteiger partial charge in [-0.05, 0) is 197 Å². The molecule has 7 heterocycles. The maximum atomic E-state index is 13.6. The summed E-state index contributed by atoms with van der Waals surface area (Å²) in [6, 6.07) is 21.9. The summed E-state index contributed by atoms with van der Waals surface area (Å²) in [4.78, 5) is 52.2. The zero-order valence-corrected chi connectivity index (χ0v) is 55.2. The summed E-state index contributed by atoms with van der Waals surface area (Å²) in [6.45, 7) is 21.7. The second kappa shape index (κ2) is 26.0. The van der Waals surface area contributed by atoms with Crippen LogP contribution in [-0.2, 0) is 24.8 Å². The number of carbonyl (C=O) groups excluding carboxylic acids is 3. The molecule has 2 atom stereocenters. The molecule has 11 rings (SSSR count). The van der Waals surface area contributed by atoms with Gasteiger partial charge in [-0.2, -0.15) is 0 Å². The van der Waals surface area contributed by atoms with Gasteiger partial charge in [0.15, 0.2) is 11.6 Å². The van der Waals surface area contributed by atoms with Gasteiger partial charge in [-0.25, -0.2) is 50.4 Å². The van der Waals surface area contributed by atoms with Gasteiger partial charge in [-0.3, -0.25) is 9.59 Å². The number of aromatic nitrogens is 6. The van der Waals surface area contributed by atoms with Gasteiger partial charge < -0.3 is 33.5 Å². The Balaban J connectivity index is 0.000000201. The molecular weight excluding hydrogens is 1210 g/mol. The topological polar surface area (TPSA) is 258 Å². The predicted molar refractivity (Wildman–Crippen MR) is 339 cm³/mol. The Morgan fingerprint density at radius 1 is 0.778 bits per heavy atom. The third-order valence-electron chi connectivity index (χ3n) is 17.4. The van der Waals surface area contributed by atoms with Gasteiger partial charge in [0.2, 0.25) is 11.8 Å². The number of pyridine rings is 2. The van der Waals surface area contributed by atoms with Crippen molar-refractivity contribution in [3.8, 4) is 34.9 Å². The summed E-state index contributed by atoms with van der Waals surface area (Å²) in [7, 11) is -8.40. The average Bonchev–Trinajstić information content (AvgIpc) is 1.50. The summed E-state index contributed by atoms with van der Waals surface area (Å²) in [6.07, 6.45) is 15.1. The number of nitrogens with one attached hydrogen (secondary N) is 2. The molecule has 2 aliphatic carbocycles. The second-order valence-corrected chi connectivity index (χ2v) is 31.1. The Bertz CT molecular complexity index is 3840. The molecule has 3 amide bonds. The van der Waals surface area contributed by atoms with Crippen molar-refractivity contribution < 1.29 is 54.9 Å². The number of ether oxygens (including phenoxy) is 5. The van der Waals surface area contributed by atoms with Crippen LogP contribution in [0.2, 0.25) is 5.15 Å². The monoisotopic (exact) mass is 1290 g/mol. The first-order valence-electron chi connectivity index (χ1n) is 30.9. The Hall–Kier alpha value is -7.44. The van der Waals surface area contributed by atoms with E-state index in [9.17, 15) is 31.2 Å². The molecule has 2 N–H and O–H groups in total. The highest BCUT2D eigenvalue weighted by Gasteiger charge is 2.44. The van der Waals surface area contributed by atoms with Gasteiger partial charge in [0.25, 0.3) is 31.9 Å². The molecular formula is C65H83ClN10O12S2. The van der Waals surface area contributed by atoms with Crippen molar-refractivity contribution in [2.75, 3.05) is 44.4 Å². The van der Waals surface area contributed by atoms with Gasteiger partial charge in [-0.15, -0.1) is 10.2 Å². The van der Waals surface area contributed by atoms with Crippen molar-refractivity contribution in [1.82, 2.24) is 43.9 Å². The van der Waals surface area contributed by atoms with E-state index in [1.165, 1.54) is 66.8 Å². The number of carbonyl (C=O) groups is 3. The van der Waals surface area contributed by atoms with E-state index in [0.717, 1.165) is 44.9 Å². The standard InChI is InChI=1S/C35H46ClN5O7S.C30H37N5O5S/c1-33(2,3)48-32(43)40-23-24(22-34(40,4)5)9-8-19-46-25-10-7-11-26(21-25)49(44,45)39-31(42)27-12-13-28(37-30(27)36)41-18-14-29(38-41)47-20-17-35(6)15-16-35;1-29(2)19-21-6-5-16-39-22-7-4-8-23(18-22)41(37,38)33-28(36)24-9-10-25(31-27(24)34(29)20-21)35-15-11-26(32-35)40-17-14-30(3)12-13-30/h7,10-14,18,21,24H,8-9,15-17,19-20,22-23H2,1-6H3,(H,39,42);4,7-11,15,18,21H,5-6,12-14,16-17,19-20H2,1-3H3,(H,33,36)/t24-;21-/m00/s1. The largest absolute Gasteiger partial charge is 0.494 e. The highest BCUT2D eigenvalue weighted by Crippen LogP contribution is 2.49. The lowest BCUT2D eigenvalue weighted by Crippen LogP contribution is -2.45. The van der Waals surface area contributed by atoms with Crippen molar-refractivity contribution in [3.63, 3.8) is 0 Å². The number of sulfonamides is 2. The van der Waals surface area contributed by atoms with E-state index in [1.54, 1.807) is 70.5 Å². The van der Waals surface area contributed by atoms with Crippen LogP contribution in [0.5, 0.6) is 23.3 Å². The first-order valence-corrected chi connectivity index (χ1v) is 34.2. The summed E-state index contributed by atoms with van der Waals surface area (Å²) >= 11 is 6.32. The zero-order chi connectivity index (χ0) is 64.4. The van der Waals surface area contributed by atoms with Crippen LogP contribution in [0.25, 0.3) is 11.6 Å². The minimum atomic E-state index is -4.25. The van der Waals surface area contributed by atoms with Crippen molar-refractivity contribution in [3.05, 3.63) is 114 Å². The molecule has 2 aromatic carbocycles. The van der Waals surface area contributed by atoms with Gasteiger partial charge in [0.1, 0.15) is 28.1 Å². The molecule has 0 spiro atoms. The molecule has 0 unspecified atom stereocenters. The molecule has 2 saturated heterocycles. The Morgan fingerprint density at radius 2 is 1.42 bits per heavy atom. The number of anilines is 1. The normalized spacial score (nSPS) is 20.1. The van der Waals surface area contributed by atoms with Crippen LogP contribution in [0.15, 0.2) is 107 Å². The van der Waals surface area contributed by atoms with Crippen molar-refractivity contribution in [1.29, 1.82) is 0 Å². The number of likely N-dealkylation sites (tertiary alicyclic amines) is 1. The van der Waals surface area contributed by atoms with Crippen LogP contribution in [0.3, 0.4) is 0 Å². The van der Waals surface area contributed by atoms with E-state index in [1.807, 2.05) is 34.6 Å². The van der Waals surface area contributed by atoms with E-state index in [4.69, 9.17) is 40.3 Å². The lowest BCUT2D eigenvalue weighted by molar-refractivity contribution is 0.0130. The minimum Gasteiger partial charge on any atom is -0.494 e. The maximum Gasteiger partial charge on any atom is 0.410 e. The van der Waals surface area contributed by atoms with Gasteiger partial charge in [0, 0.05) is 60.8 Å². The Kier molecular flexibility index (Phi) is 19.0. The highest BCUT2D eigenvalue weighted by atomic mass is 35.5. The summed E-state index contributed by atoms with van der Waals surface area (Å²) in [5.41, 5.74) is -0.314. The first kappa shape index (κ1) is 65.5. The first-order chi connectivity index (χ1) is 42.4. The molecule has 5 aliphatic rings. The van der Waals surface area contributed by atoms with Crippen LogP contribution in [0, 0.1) is 22.7 Å². The quantitative estimate of drug-likeness (QED) is 0.0599. The summed E-state index contributed by atoms with van der Waals surface area (Å²) in [5.74, 6) is 2.07. The number of halogens is 1. The minimum absolute atomic E-state index is 0.0359. The molecule has 4 fully saturated rings. The molecule has 4 bridgehead atoms. The fraction of sp³-hybridized carbons (Fsp3) is 0.523. The third kappa shape index (κ3) is 16.5. The highest BCUT2D eigenvalue weighted by molar-refractivity contribution is 7.90. The van der Waals surface area contributed by atoms with Crippen molar-refractivity contribution >= 4 is 55.4 Å². The molecule has 2 saturated carbocycles. The number of amides is 3. The molecule has 25 heteroatoms.